The van der Waals surface area contributed by atoms with E-state index in [0.717, 1.165) is 17.7 Å². The minimum absolute atomic E-state index is 0.154. The van der Waals surface area contributed by atoms with Crippen molar-refractivity contribution in [2.24, 2.45) is 5.41 Å². The van der Waals surface area contributed by atoms with E-state index in [1.807, 2.05) is 60.4 Å². The molecule has 35 heavy (non-hydrogen) atoms. The number of hydrogen-bond acceptors (Lipinski definition) is 4. The Morgan fingerprint density at radius 1 is 1.20 bits per heavy atom. The first-order valence-electron chi connectivity index (χ1n) is 12.1. The molecule has 2 aliphatic heterocycles. The highest BCUT2D eigenvalue weighted by Crippen LogP contribution is 2.52. The van der Waals surface area contributed by atoms with Crippen LogP contribution >= 0.6 is 23.2 Å². The molecule has 2 unspecified atom stereocenters. The standard InChI is InChI=1S/C27H32Cl2N2O4/c1-3-22(23-16-30-11-12-35-23)31-25(17-7-9-19(28)10-8-17)21(18-5-4-6-20(29)13-18)14-27(2,26(31)34)15-24(32)33/h4-10,13,21-23,25,30H,3,11-12,14-16H2,1-2H3,(H,32,33)/t21?,22?,23-,25-,27-/m1/s1. The van der Waals surface area contributed by atoms with Crippen molar-refractivity contribution in [2.45, 2.75) is 57.2 Å². The third kappa shape index (κ3) is 5.51. The monoisotopic (exact) mass is 518 g/mol. The number of aliphatic carboxylic acids is 1. The molecule has 0 radical (unpaired) electrons. The number of likely N-dealkylation sites (tertiary alicyclic amines) is 1. The van der Waals surface area contributed by atoms with Crippen LogP contribution in [0, 0.1) is 5.41 Å². The molecule has 0 aliphatic carbocycles. The predicted octanol–water partition coefficient (Wildman–Crippen LogP) is 5.30. The Kier molecular flexibility index (Phi) is 8.06. The molecule has 2 aromatic rings. The van der Waals surface area contributed by atoms with Crippen LogP contribution in [0.1, 0.15) is 56.2 Å². The summed E-state index contributed by atoms with van der Waals surface area (Å²) in [6.45, 7) is 5.79. The van der Waals surface area contributed by atoms with Crippen LogP contribution in [0.15, 0.2) is 48.5 Å². The maximum atomic E-state index is 14.3. The van der Waals surface area contributed by atoms with E-state index in [9.17, 15) is 14.7 Å². The summed E-state index contributed by atoms with van der Waals surface area (Å²) in [6.07, 6.45) is 0.628. The Morgan fingerprint density at radius 2 is 1.94 bits per heavy atom. The van der Waals surface area contributed by atoms with Crippen molar-refractivity contribution in [1.29, 1.82) is 0 Å². The van der Waals surface area contributed by atoms with Gasteiger partial charge in [-0.15, -0.1) is 0 Å². The largest absolute Gasteiger partial charge is 0.481 e. The van der Waals surface area contributed by atoms with E-state index in [2.05, 4.69) is 5.32 Å². The Labute approximate surface area is 216 Å². The molecule has 2 N–H and O–H groups in total. The average Bonchev–Trinajstić information content (AvgIpc) is 2.83. The van der Waals surface area contributed by atoms with Crippen molar-refractivity contribution in [3.05, 3.63) is 69.7 Å². The fraction of sp³-hybridized carbons (Fsp3) is 0.481. The summed E-state index contributed by atoms with van der Waals surface area (Å²) in [6, 6.07) is 14.7. The molecule has 4 rings (SSSR count). The maximum absolute atomic E-state index is 14.3. The molecule has 0 aromatic heterocycles. The molecule has 8 heteroatoms. The second-order valence-corrected chi connectivity index (χ2v) is 10.7. The average molecular weight is 519 g/mol. The number of piperidine rings is 1. The van der Waals surface area contributed by atoms with Gasteiger partial charge < -0.3 is 20.1 Å². The summed E-state index contributed by atoms with van der Waals surface area (Å²) in [5.41, 5.74) is 0.855. The van der Waals surface area contributed by atoms with Crippen molar-refractivity contribution < 1.29 is 19.4 Å². The smallest absolute Gasteiger partial charge is 0.304 e. The number of benzene rings is 2. The summed E-state index contributed by atoms with van der Waals surface area (Å²) >= 11 is 12.6. The third-order valence-electron chi connectivity index (χ3n) is 7.29. The number of ether oxygens (including phenoxy) is 1. The van der Waals surface area contributed by atoms with E-state index in [-0.39, 0.29) is 36.4 Å². The molecule has 0 bridgehead atoms. The first-order chi connectivity index (χ1) is 16.7. The van der Waals surface area contributed by atoms with Gasteiger partial charge in [0.05, 0.1) is 36.6 Å². The zero-order valence-corrected chi connectivity index (χ0v) is 21.6. The summed E-state index contributed by atoms with van der Waals surface area (Å²) in [4.78, 5) is 28.1. The lowest BCUT2D eigenvalue weighted by molar-refractivity contribution is -0.165. The van der Waals surface area contributed by atoms with Gasteiger partial charge in [0.2, 0.25) is 5.91 Å². The highest BCUT2D eigenvalue weighted by molar-refractivity contribution is 6.30. The molecular formula is C27H32Cl2N2O4. The number of nitrogens with zero attached hydrogens (tertiary/aromatic N) is 1. The highest BCUT2D eigenvalue weighted by atomic mass is 35.5. The van der Waals surface area contributed by atoms with Crippen molar-refractivity contribution in [3.8, 4) is 0 Å². The minimum atomic E-state index is -1.07. The Hall–Kier alpha value is -2.12. The quantitative estimate of drug-likeness (QED) is 0.519. The van der Waals surface area contributed by atoms with E-state index >= 15 is 0 Å². The SMILES string of the molecule is CCC([C@H]1CNCCO1)N1C(=O)[C@@](C)(CC(=O)O)CC(c2cccc(Cl)c2)[C@H]1c1ccc(Cl)cc1. The minimum Gasteiger partial charge on any atom is -0.481 e. The van der Waals surface area contributed by atoms with Gasteiger partial charge >= 0.3 is 5.97 Å². The van der Waals surface area contributed by atoms with E-state index in [4.69, 9.17) is 27.9 Å². The molecule has 1 amide bonds. The number of hydrogen-bond donors (Lipinski definition) is 2. The van der Waals surface area contributed by atoms with E-state index in [1.165, 1.54) is 0 Å². The van der Waals surface area contributed by atoms with Gasteiger partial charge in [0.25, 0.3) is 0 Å². The van der Waals surface area contributed by atoms with Crippen LogP contribution in [-0.2, 0) is 14.3 Å². The fourth-order valence-corrected chi connectivity index (χ4v) is 6.04. The lowest BCUT2D eigenvalue weighted by Gasteiger charge is -2.53. The van der Waals surface area contributed by atoms with Crippen LogP contribution in [0.2, 0.25) is 10.0 Å². The van der Waals surface area contributed by atoms with Gasteiger partial charge in [-0.3, -0.25) is 9.59 Å². The number of amides is 1. The first kappa shape index (κ1) is 26.0. The summed E-state index contributed by atoms with van der Waals surface area (Å²) < 4.78 is 6.13. The number of morpholine rings is 1. The van der Waals surface area contributed by atoms with Gasteiger partial charge in [0.15, 0.2) is 0 Å². The maximum Gasteiger partial charge on any atom is 0.304 e. The van der Waals surface area contributed by atoms with E-state index in [1.54, 1.807) is 6.92 Å². The number of rotatable bonds is 7. The van der Waals surface area contributed by atoms with Crippen LogP contribution in [0.4, 0.5) is 0 Å². The number of nitrogens with one attached hydrogen (secondary N) is 1. The first-order valence-corrected chi connectivity index (χ1v) is 12.9. The van der Waals surface area contributed by atoms with Crippen molar-refractivity contribution in [2.75, 3.05) is 19.7 Å². The Morgan fingerprint density at radius 3 is 2.54 bits per heavy atom. The lowest BCUT2D eigenvalue weighted by Crippen LogP contribution is -2.61. The molecule has 2 fully saturated rings. The van der Waals surface area contributed by atoms with Crippen LogP contribution in [-0.4, -0.2) is 53.7 Å². The second kappa shape index (κ2) is 10.9. The normalized spacial score (nSPS) is 28.1. The number of carbonyl (C=O) groups is 2. The van der Waals surface area contributed by atoms with Gasteiger partial charge in [-0.25, -0.2) is 0 Å². The van der Waals surface area contributed by atoms with Gasteiger partial charge in [-0.1, -0.05) is 61.3 Å². The van der Waals surface area contributed by atoms with Gasteiger partial charge in [0, 0.05) is 29.1 Å². The van der Waals surface area contributed by atoms with E-state index < -0.39 is 11.4 Å². The third-order valence-corrected chi connectivity index (χ3v) is 7.78. The van der Waals surface area contributed by atoms with Crippen LogP contribution in [0.25, 0.3) is 0 Å². The van der Waals surface area contributed by atoms with E-state index in [0.29, 0.717) is 36.0 Å². The van der Waals surface area contributed by atoms with Gasteiger partial charge in [-0.05, 0) is 48.2 Å². The number of carboxylic acid groups (broad SMARTS) is 1. The van der Waals surface area contributed by atoms with Crippen molar-refractivity contribution in [1.82, 2.24) is 10.2 Å². The molecule has 2 heterocycles. The van der Waals surface area contributed by atoms with Crippen LogP contribution in [0.3, 0.4) is 0 Å². The van der Waals surface area contributed by atoms with Crippen LogP contribution in [0.5, 0.6) is 0 Å². The molecule has 2 aromatic carbocycles. The van der Waals surface area contributed by atoms with Gasteiger partial charge in [0.1, 0.15) is 0 Å². The number of carboxylic acids is 1. The zero-order chi connectivity index (χ0) is 25.2. The van der Waals surface area contributed by atoms with Gasteiger partial charge in [-0.2, -0.15) is 0 Å². The molecule has 6 nitrogen and oxygen atoms in total. The molecule has 188 valence electrons. The highest BCUT2D eigenvalue weighted by Gasteiger charge is 2.53. The molecule has 0 saturated carbocycles. The summed E-state index contributed by atoms with van der Waals surface area (Å²) in [5.74, 6) is -1.30. The van der Waals surface area contributed by atoms with Crippen molar-refractivity contribution in [3.63, 3.8) is 0 Å². The number of carbonyl (C=O) groups excluding carboxylic acids is 1. The van der Waals surface area contributed by atoms with Crippen LogP contribution < -0.4 is 5.32 Å². The molecule has 5 atom stereocenters. The molecule has 2 saturated heterocycles. The molecule has 0 spiro atoms. The molecule has 2 aliphatic rings. The Bertz CT molecular complexity index is 1060. The Balaban J connectivity index is 1.89. The zero-order valence-electron chi connectivity index (χ0n) is 20.0. The predicted molar refractivity (Wildman–Crippen MR) is 137 cm³/mol. The summed E-state index contributed by atoms with van der Waals surface area (Å²) in [5, 5.41) is 14.3. The lowest BCUT2D eigenvalue weighted by atomic mass is 9.66. The second-order valence-electron chi connectivity index (χ2n) is 9.79. The fourth-order valence-electron chi connectivity index (χ4n) is 5.72. The number of halogens is 2. The topological polar surface area (TPSA) is 78.9 Å². The molecular weight excluding hydrogens is 487 g/mol. The summed E-state index contributed by atoms with van der Waals surface area (Å²) in [7, 11) is 0. The van der Waals surface area contributed by atoms with Crippen molar-refractivity contribution >= 4 is 35.1 Å².